The summed E-state index contributed by atoms with van der Waals surface area (Å²) in [5.74, 6) is 0.965. The van der Waals surface area contributed by atoms with Gasteiger partial charge in [0.1, 0.15) is 11.5 Å². The maximum Gasteiger partial charge on any atom is 0.203 e. The minimum absolute atomic E-state index is 0. The molecule has 0 saturated carbocycles. The van der Waals surface area contributed by atoms with Gasteiger partial charge in [-0.25, -0.2) is 0 Å². The molecule has 0 aliphatic rings. The third-order valence-corrected chi connectivity index (χ3v) is 7.09. The average molecular weight is 609 g/mol. The molecule has 4 aromatic rings. The van der Waals surface area contributed by atoms with Crippen molar-refractivity contribution in [1.29, 1.82) is 5.41 Å². The Labute approximate surface area is 247 Å². The minimum atomic E-state index is -0.336. The molecule has 0 aliphatic heterocycles. The fraction of sp³-hybridized carbons (Fsp3) is 0.394. The molecule has 0 amide bonds. The first-order valence-electron chi connectivity index (χ1n) is 13.7. The van der Waals surface area contributed by atoms with Gasteiger partial charge in [-0.15, -0.1) is 17.0 Å². The number of ketones is 1. The number of nitrogens with one attached hydrogen (secondary N) is 1. The summed E-state index contributed by atoms with van der Waals surface area (Å²) in [5.41, 5.74) is 4.33. The summed E-state index contributed by atoms with van der Waals surface area (Å²) in [6.07, 6.45) is 0.914. The first-order valence-corrected chi connectivity index (χ1v) is 13.7. The van der Waals surface area contributed by atoms with E-state index in [1.54, 1.807) is 4.57 Å². The number of benzene rings is 3. The zero-order chi connectivity index (χ0) is 28.5. The van der Waals surface area contributed by atoms with Crippen molar-refractivity contribution in [3.05, 3.63) is 88.5 Å². The van der Waals surface area contributed by atoms with Crippen molar-refractivity contribution in [2.75, 3.05) is 6.61 Å². The molecular weight excluding hydrogens is 566 g/mol. The number of phenols is 1. The Kier molecular flexibility index (Phi) is 9.40. The lowest BCUT2D eigenvalue weighted by Gasteiger charge is -2.28. The second kappa shape index (κ2) is 12.0. The molecule has 0 saturated heterocycles. The Balaban J connectivity index is 0.00000441. The molecule has 4 rings (SSSR count). The number of rotatable bonds is 8. The molecule has 1 aromatic heterocycles. The maximum atomic E-state index is 13.8. The Morgan fingerprint density at radius 2 is 1.40 bits per heavy atom. The number of hydrogen-bond donors (Lipinski definition) is 2. The van der Waals surface area contributed by atoms with Crippen molar-refractivity contribution in [3.8, 4) is 11.5 Å². The number of phenolic OH excluding ortho intramolecular Hbond substituents is 1. The van der Waals surface area contributed by atoms with Gasteiger partial charge in [-0.2, -0.15) is 0 Å². The third-order valence-electron chi connectivity index (χ3n) is 7.09. The molecule has 0 spiro atoms. The Morgan fingerprint density at radius 3 is 1.95 bits per heavy atom. The Hall–Kier alpha value is -3.32. The third kappa shape index (κ3) is 6.35. The molecule has 0 atom stereocenters. The zero-order valence-electron chi connectivity index (χ0n) is 24.7. The first kappa shape index (κ1) is 31.2. The van der Waals surface area contributed by atoms with Gasteiger partial charge in [0.25, 0.3) is 0 Å². The van der Waals surface area contributed by atoms with Crippen LogP contribution in [0.25, 0.3) is 11.0 Å². The van der Waals surface area contributed by atoms with Gasteiger partial charge < -0.3 is 19.0 Å². The van der Waals surface area contributed by atoms with Crippen LogP contribution in [0.5, 0.6) is 11.5 Å². The fourth-order valence-electron chi connectivity index (χ4n) is 4.95. The molecule has 40 heavy (non-hydrogen) atoms. The summed E-state index contributed by atoms with van der Waals surface area (Å²) in [4.78, 5) is 13.8. The Bertz CT molecular complexity index is 1530. The molecule has 3 aromatic carbocycles. The maximum absolute atomic E-state index is 13.8. The number of imidazole rings is 1. The molecule has 0 fully saturated rings. The molecule has 2 N–H and O–H groups in total. The van der Waals surface area contributed by atoms with E-state index < -0.39 is 0 Å². The highest BCUT2D eigenvalue weighted by molar-refractivity contribution is 8.93. The van der Waals surface area contributed by atoms with Crippen molar-refractivity contribution in [2.24, 2.45) is 0 Å². The standard InChI is InChI=1S/C33H41N3O3.BrH/c1-8-17-39-29-16-12-9-13-22(29)20-35-26-14-10-11-15-27(26)36(31(35)34)21-28(37)23-18-24(32(2,3)4)30(38)25(19-23)33(5,6)7;/h9-16,18-19,34,38H,8,17,20-21H2,1-7H3;1H. The van der Waals surface area contributed by atoms with E-state index in [0.717, 1.165) is 39.9 Å². The number of para-hydroxylation sites is 3. The minimum Gasteiger partial charge on any atom is -0.507 e. The normalized spacial score (nSPS) is 11.9. The van der Waals surface area contributed by atoms with E-state index in [4.69, 9.17) is 10.1 Å². The van der Waals surface area contributed by atoms with Gasteiger partial charge in [-0.3, -0.25) is 10.2 Å². The highest BCUT2D eigenvalue weighted by atomic mass is 79.9. The van der Waals surface area contributed by atoms with Gasteiger partial charge in [0, 0.05) is 22.3 Å². The summed E-state index contributed by atoms with van der Waals surface area (Å²) >= 11 is 0. The van der Waals surface area contributed by atoms with E-state index in [1.165, 1.54) is 0 Å². The van der Waals surface area contributed by atoms with E-state index in [-0.39, 0.29) is 51.5 Å². The summed E-state index contributed by atoms with van der Waals surface area (Å²) in [7, 11) is 0. The number of carbonyl (C=O) groups excluding carboxylic acids is 1. The Morgan fingerprint density at radius 1 is 0.875 bits per heavy atom. The van der Waals surface area contributed by atoms with E-state index in [2.05, 4.69) is 6.92 Å². The van der Waals surface area contributed by atoms with E-state index in [1.807, 2.05) is 107 Å². The lowest BCUT2D eigenvalue weighted by Crippen LogP contribution is -2.28. The smallest absolute Gasteiger partial charge is 0.203 e. The molecule has 6 nitrogen and oxygen atoms in total. The molecule has 0 radical (unpaired) electrons. The summed E-state index contributed by atoms with van der Waals surface area (Å²) in [6, 6.07) is 19.4. The summed E-state index contributed by atoms with van der Waals surface area (Å²) in [5, 5.41) is 20.2. The van der Waals surface area contributed by atoms with Crippen molar-refractivity contribution in [3.63, 3.8) is 0 Å². The predicted molar refractivity (Wildman–Crippen MR) is 167 cm³/mol. The number of halogens is 1. The average Bonchev–Trinajstić information content (AvgIpc) is 3.12. The number of carbonyl (C=O) groups is 1. The lowest BCUT2D eigenvalue weighted by atomic mass is 9.78. The van der Waals surface area contributed by atoms with E-state index in [0.29, 0.717) is 18.7 Å². The van der Waals surface area contributed by atoms with Crippen LogP contribution in [0.2, 0.25) is 0 Å². The molecule has 0 unspecified atom stereocenters. The second-order valence-electron chi connectivity index (χ2n) is 12.3. The van der Waals surface area contributed by atoms with Crippen LogP contribution in [0.3, 0.4) is 0 Å². The van der Waals surface area contributed by atoms with Crippen LogP contribution < -0.4 is 10.4 Å². The van der Waals surface area contributed by atoms with Crippen molar-refractivity contribution in [2.45, 2.75) is 78.8 Å². The second-order valence-corrected chi connectivity index (χ2v) is 12.3. The monoisotopic (exact) mass is 607 g/mol. The quantitative estimate of drug-likeness (QED) is 0.203. The van der Waals surface area contributed by atoms with Crippen LogP contribution in [0.1, 0.15) is 81.9 Å². The SMILES string of the molecule is Br.CCCOc1ccccc1Cn1c(=N)n(CC(=O)c2cc(C(C)(C)C)c(O)c(C(C)(C)C)c2)c2ccccc21. The largest absolute Gasteiger partial charge is 0.507 e. The number of aromatic nitrogens is 2. The van der Waals surface area contributed by atoms with Crippen molar-refractivity contribution in [1.82, 2.24) is 9.13 Å². The predicted octanol–water partition coefficient (Wildman–Crippen LogP) is 7.52. The molecule has 7 heteroatoms. The topological polar surface area (TPSA) is 80.2 Å². The van der Waals surface area contributed by atoms with E-state index in [9.17, 15) is 9.90 Å². The molecule has 214 valence electrons. The fourth-order valence-corrected chi connectivity index (χ4v) is 4.95. The van der Waals surface area contributed by atoms with Crippen LogP contribution in [0, 0.1) is 5.41 Å². The number of aromatic hydroxyl groups is 1. The van der Waals surface area contributed by atoms with Crippen LogP contribution in [0.15, 0.2) is 60.7 Å². The molecule has 0 aliphatic carbocycles. The highest BCUT2D eigenvalue weighted by Crippen LogP contribution is 2.40. The van der Waals surface area contributed by atoms with Gasteiger partial charge in [0.15, 0.2) is 5.78 Å². The van der Waals surface area contributed by atoms with Crippen LogP contribution in [-0.2, 0) is 23.9 Å². The molecular formula is C33H42BrN3O3. The van der Waals surface area contributed by atoms with Gasteiger partial charge in [0.2, 0.25) is 5.62 Å². The van der Waals surface area contributed by atoms with Crippen LogP contribution in [-0.4, -0.2) is 26.6 Å². The van der Waals surface area contributed by atoms with Gasteiger partial charge in [0.05, 0.1) is 30.7 Å². The summed E-state index contributed by atoms with van der Waals surface area (Å²) in [6.45, 7) is 15.4. The van der Waals surface area contributed by atoms with E-state index >= 15 is 0 Å². The highest BCUT2D eigenvalue weighted by Gasteiger charge is 2.28. The van der Waals surface area contributed by atoms with Crippen molar-refractivity contribution < 1.29 is 14.6 Å². The van der Waals surface area contributed by atoms with Crippen molar-refractivity contribution >= 4 is 33.8 Å². The number of nitrogens with zero attached hydrogens (tertiary/aromatic N) is 2. The van der Waals surface area contributed by atoms with Crippen LogP contribution in [0.4, 0.5) is 0 Å². The number of Topliss-reactive ketones (excluding diaryl/α,β-unsaturated/α-hetero) is 1. The van der Waals surface area contributed by atoms with Crippen LogP contribution >= 0.6 is 17.0 Å². The zero-order valence-corrected chi connectivity index (χ0v) is 26.4. The number of fused-ring (bicyclic) bond motifs is 1. The summed E-state index contributed by atoms with van der Waals surface area (Å²) < 4.78 is 9.67. The van der Waals surface area contributed by atoms with Gasteiger partial charge in [-0.1, -0.05) is 78.8 Å². The van der Waals surface area contributed by atoms with Gasteiger partial charge >= 0.3 is 0 Å². The molecule has 0 bridgehead atoms. The lowest BCUT2D eigenvalue weighted by molar-refractivity contribution is 0.0971. The first-order chi connectivity index (χ1) is 18.3. The van der Waals surface area contributed by atoms with Gasteiger partial charge in [-0.05, 0) is 47.6 Å². The number of ether oxygens (including phenoxy) is 1. The molecule has 1 heterocycles. The number of hydrogen-bond acceptors (Lipinski definition) is 4.